The van der Waals surface area contributed by atoms with E-state index in [1.54, 1.807) is 18.2 Å². The van der Waals surface area contributed by atoms with Crippen LogP contribution in [0.1, 0.15) is 28.8 Å². The third-order valence-corrected chi connectivity index (χ3v) is 4.85. The van der Waals surface area contributed by atoms with Crippen LogP contribution >= 0.6 is 24.2 Å². The van der Waals surface area contributed by atoms with Crippen molar-refractivity contribution in [2.24, 2.45) is 11.5 Å². The van der Waals surface area contributed by atoms with E-state index in [0.717, 1.165) is 36.8 Å². The maximum atomic E-state index is 11.8. The standard InChI is InChI=1S/C16H18N4O3S.ClH/c17-11-2-1-5-20(8-11)12-4-3-9(14(18)21)6-10(12)7-13-15(22)19-16(23)24-13;/h3-4,6-7,11H,1-2,5,8,17H2,(H2,18,21)(H,19,22,23);1H/b13-7-;/t11-;/m1./s1. The molecule has 0 unspecified atom stereocenters. The number of rotatable bonds is 3. The molecule has 9 heteroatoms. The van der Waals surface area contributed by atoms with Gasteiger partial charge in [-0.3, -0.25) is 19.7 Å². The molecule has 0 aliphatic carbocycles. The Hall–Kier alpha value is -2.03. The normalized spacial score (nSPS) is 21.9. The molecule has 0 saturated carbocycles. The molecule has 2 aliphatic rings. The van der Waals surface area contributed by atoms with Crippen LogP contribution in [0.3, 0.4) is 0 Å². The average molecular weight is 383 g/mol. The summed E-state index contributed by atoms with van der Waals surface area (Å²) in [4.78, 5) is 37.1. The number of thioether (sulfide) groups is 1. The van der Waals surface area contributed by atoms with E-state index in [1.165, 1.54) is 0 Å². The van der Waals surface area contributed by atoms with Crippen molar-refractivity contribution in [2.75, 3.05) is 18.0 Å². The van der Waals surface area contributed by atoms with Gasteiger partial charge in [0.1, 0.15) is 0 Å². The van der Waals surface area contributed by atoms with Crippen LogP contribution in [0, 0.1) is 0 Å². The summed E-state index contributed by atoms with van der Waals surface area (Å²) in [6, 6.07) is 5.19. The molecule has 1 atom stereocenters. The van der Waals surface area contributed by atoms with Gasteiger partial charge in [-0.05, 0) is 54.4 Å². The molecule has 0 radical (unpaired) electrons. The van der Waals surface area contributed by atoms with Crippen molar-refractivity contribution in [1.82, 2.24) is 5.32 Å². The largest absolute Gasteiger partial charge is 0.369 e. The molecule has 0 bridgehead atoms. The number of carbonyl (C=O) groups excluding carboxylic acids is 3. The number of piperidine rings is 1. The minimum Gasteiger partial charge on any atom is -0.369 e. The molecule has 2 fully saturated rings. The SMILES string of the molecule is Cl.NC(=O)c1ccc(N2CCC[C@@H](N)C2)c(/C=C2\SC(=O)NC2=O)c1. The van der Waals surface area contributed by atoms with Crippen LogP contribution in [0.25, 0.3) is 6.08 Å². The lowest BCUT2D eigenvalue weighted by Gasteiger charge is -2.33. The average Bonchev–Trinajstić information content (AvgIpc) is 2.84. The number of imide groups is 1. The van der Waals surface area contributed by atoms with Gasteiger partial charge in [-0.2, -0.15) is 0 Å². The number of primary amides is 1. The van der Waals surface area contributed by atoms with Crippen LogP contribution in [0.2, 0.25) is 0 Å². The Balaban J connectivity index is 0.00000225. The number of anilines is 1. The van der Waals surface area contributed by atoms with Crippen LogP contribution in [0.15, 0.2) is 23.1 Å². The number of nitrogens with zero attached hydrogens (tertiary/aromatic N) is 1. The van der Waals surface area contributed by atoms with Gasteiger partial charge in [0.05, 0.1) is 4.91 Å². The quantitative estimate of drug-likeness (QED) is 0.681. The van der Waals surface area contributed by atoms with E-state index in [0.29, 0.717) is 22.6 Å². The first kappa shape index (κ1) is 19.3. The second-order valence-electron chi connectivity index (χ2n) is 5.84. The van der Waals surface area contributed by atoms with Crippen molar-refractivity contribution in [3.63, 3.8) is 0 Å². The smallest absolute Gasteiger partial charge is 0.290 e. The highest BCUT2D eigenvalue weighted by Gasteiger charge is 2.26. The maximum absolute atomic E-state index is 11.8. The number of carbonyl (C=O) groups is 3. The molecule has 134 valence electrons. The van der Waals surface area contributed by atoms with Crippen LogP contribution in [0.4, 0.5) is 10.5 Å². The number of amides is 3. The Morgan fingerprint density at radius 2 is 2.12 bits per heavy atom. The van der Waals surface area contributed by atoms with Crippen molar-refractivity contribution >= 4 is 53.0 Å². The predicted molar refractivity (Wildman–Crippen MR) is 101 cm³/mol. The van der Waals surface area contributed by atoms with Gasteiger partial charge in [-0.1, -0.05) is 0 Å². The zero-order chi connectivity index (χ0) is 17.3. The van der Waals surface area contributed by atoms with Gasteiger partial charge in [0.25, 0.3) is 11.1 Å². The van der Waals surface area contributed by atoms with Crippen LogP contribution in [-0.4, -0.2) is 36.2 Å². The molecular weight excluding hydrogens is 364 g/mol. The van der Waals surface area contributed by atoms with E-state index < -0.39 is 17.1 Å². The summed E-state index contributed by atoms with van der Waals surface area (Å²) in [5.74, 6) is -0.980. The third kappa shape index (κ3) is 4.33. The summed E-state index contributed by atoms with van der Waals surface area (Å²) < 4.78 is 0. The van der Waals surface area contributed by atoms with E-state index in [1.807, 2.05) is 6.07 Å². The number of nitrogens with two attached hydrogens (primary N) is 2. The highest BCUT2D eigenvalue weighted by atomic mass is 35.5. The molecule has 2 saturated heterocycles. The van der Waals surface area contributed by atoms with Gasteiger partial charge in [0.15, 0.2) is 0 Å². The predicted octanol–water partition coefficient (Wildman–Crippen LogP) is 1.46. The summed E-state index contributed by atoms with van der Waals surface area (Å²) >= 11 is 0.841. The van der Waals surface area contributed by atoms with E-state index in [4.69, 9.17) is 11.5 Å². The lowest BCUT2D eigenvalue weighted by molar-refractivity contribution is -0.115. The van der Waals surface area contributed by atoms with Gasteiger partial charge >= 0.3 is 0 Å². The van der Waals surface area contributed by atoms with Gasteiger partial charge in [-0.15, -0.1) is 12.4 Å². The molecule has 25 heavy (non-hydrogen) atoms. The molecule has 3 rings (SSSR count). The fraction of sp³-hybridized carbons (Fsp3) is 0.312. The van der Waals surface area contributed by atoms with Crippen molar-refractivity contribution in [2.45, 2.75) is 18.9 Å². The second-order valence-corrected chi connectivity index (χ2v) is 6.85. The monoisotopic (exact) mass is 382 g/mol. The number of hydrogen-bond donors (Lipinski definition) is 3. The molecular formula is C16H19ClN4O3S. The fourth-order valence-corrected chi connectivity index (χ4v) is 3.58. The van der Waals surface area contributed by atoms with E-state index in [-0.39, 0.29) is 18.4 Å². The molecule has 7 nitrogen and oxygen atoms in total. The topological polar surface area (TPSA) is 119 Å². The first-order chi connectivity index (χ1) is 11.4. The maximum Gasteiger partial charge on any atom is 0.290 e. The summed E-state index contributed by atoms with van der Waals surface area (Å²) in [5, 5.41) is 1.82. The number of hydrogen-bond acceptors (Lipinski definition) is 6. The van der Waals surface area contributed by atoms with Crippen molar-refractivity contribution in [3.8, 4) is 0 Å². The number of nitrogens with one attached hydrogen (secondary N) is 1. The van der Waals surface area contributed by atoms with Gasteiger partial charge in [0.2, 0.25) is 5.91 Å². The Labute approximate surface area is 155 Å². The van der Waals surface area contributed by atoms with Crippen LogP contribution in [-0.2, 0) is 4.79 Å². The molecule has 3 amide bonds. The summed E-state index contributed by atoms with van der Waals surface area (Å²) in [7, 11) is 0. The molecule has 0 spiro atoms. The molecule has 1 aromatic carbocycles. The third-order valence-electron chi connectivity index (χ3n) is 4.04. The van der Waals surface area contributed by atoms with Gasteiger partial charge in [0, 0.05) is 30.4 Å². The van der Waals surface area contributed by atoms with E-state index in [9.17, 15) is 14.4 Å². The van der Waals surface area contributed by atoms with E-state index in [2.05, 4.69) is 10.2 Å². The lowest BCUT2D eigenvalue weighted by atomic mass is 10.0. The minimum atomic E-state index is -0.545. The molecule has 2 aliphatic heterocycles. The first-order valence-electron chi connectivity index (χ1n) is 7.63. The first-order valence-corrected chi connectivity index (χ1v) is 8.45. The molecule has 2 heterocycles. The summed E-state index contributed by atoms with van der Waals surface area (Å²) in [6.07, 6.45) is 3.56. The number of benzene rings is 1. The summed E-state index contributed by atoms with van der Waals surface area (Å²) in [5.41, 5.74) is 13.3. The zero-order valence-corrected chi connectivity index (χ0v) is 15.0. The second kappa shape index (κ2) is 7.90. The van der Waals surface area contributed by atoms with Crippen molar-refractivity contribution < 1.29 is 14.4 Å². The highest BCUT2D eigenvalue weighted by molar-refractivity contribution is 8.18. The molecule has 0 aromatic heterocycles. The molecule has 1 aromatic rings. The minimum absolute atomic E-state index is 0. The Morgan fingerprint density at radius 1 is 1.36 bits per heavy atom. The number of halogens is 1. The van der Waals surface area contributed by atoms with Crippen molar-refractivity contribution in [1.29, 1.82) is 0 Å². The zero-order valence-electron chi connectivity index (χ0n) is 13.4. The van der Waals surface area contributed by atoms with Gasteiger partial charge < -0.3 is 16.4 Å². The Morgan fingerprint density at radius 3 is 2.72 bits per heavy atom. The van der Waals surface area contributed by atoms with E-state index >= 15 is 0 Å². The van der Waals surface area contributed by atoms with Crippen LogP contribution < -0.4 is 21.7 Å². The lowest BCUT2D eigenvalue weighted by Crippen LogP contribution is -2.43. The Bertz CT molecular complexity index is 753. The van der Waals surface area contributed by atoms with Crippen molar-refractivity contribution in [3.05, 3.63) is 34.2 Å². The highest BCUT2D eigenvalue weighted by Crippen LogP contribution is 2.31. The van der Waals surface area contributed by atoms with Gasteiger partial charge in [-0.25, -0.2) is 0 Å². The fourth-order valence-electron chi connectivity index (χ4n) is 2.90. The molecule has 5 N–H and O–H groups in total. The van der Waals surface area contributed by atoms with Crippen LogP contribution in [0.5, 0.6) is 0 Å². The summed E-state index contributed by atoms with van der Waals surface area (Å²) in [6.45, 7) is 1.54. The Kier molecular flexibility index (Phi) is 6.10.